The topological polar surface area (TPSA) is 49.8 Å². The van der Waals surface area contributed by atoms with E-state index in [0.717, 1.165) is 25.7 Å². The highest BCUT2D eigenvalue weighted by molar-refractivity contribution is 5.67. The molecule has 0 aliphatic heterocycles. The number of rotatable bonds is 3. The summed E-state index contributed by atoms with van der Waals surface area (Å²) in [5.74, 6) is 0.341. The smallest absolute Gasteiger partial charge is 0.409 e. The average molecular weight is 229 g/mol. The van der Waals surface area contributed by atoms with Crippen LogP contribution in [0, 0.1) is 5.92 Å². The van der Waals surface area contributed by atoms with E-state index in [1.165, 1.54) is 0 Å². The zero-order chi connectivity index (χ0) is 12.1. The summed E-state index contributed by atoms with van der Waals surface area (Å²) in [6, 6.07) is -0.0755. The maximum absolute atomic E-state index is 11.7. The van der Waals surface area contributed by atoms with Gasteiger partial charge in [0.2, 0.25) is 0 Å². The molecule has 1 fully saturated rings. The van der Waals surface area contributed by atoms with Crippen molar-refractivity contribution in [3.8, 4) is 0 Å². The predicted octanol–water partition coefficient (Wildman–Crippen LogP) is 2.01. The monoisotopic (exact) mass is 229 g/mol. The SMILES string of the molecule is CC(C)COC(=O)N(C)C1CCCCC1O. The molecule has 1 saturated carbocycles. The van der Waals surface area contributed by atoms with E-state index in [4.69, 9.17) is 4.74 Å². The molecule has 0 bridgehead atoms. The van der Waals surface area contributed by atoms with Gasteiger partial charge in [-0.15, -0.1) is 0 Å². The summed E-state index contributed by atoms with van der Waals surface area (Å²) in [5.41, 5.74) is 0. The van der Waals surface area contributed by atoms with Gasteiger partial charge in [-0.1, -0.05) is 26.7 Å². The van der Waals surface area contributed by atoms with Gasteiger partial charge in [0.25, 0.3) is 0 Å². The fourth-order valence-corrected chi connectivity index (χ4v) is 2.02. The minimum Gasteiger partial charge on any atom is -0.449 e. The van der Waals surface area contributed by atoms with Gasteiger partial charge in [0.05, 0.1) is 18.8 Å². The molecule has 4 heteroatoms. The standard InChI is InChI=1S/C12H23NO3/c1-9(2)8-16-12(15)13(3)10-6-4-5-7-11(10)14/h9-11,14H,4-8H2,1-3H3. The first kappa shape index (κ1) is 13.3. The minimum absolute atomic E-state index is 0.0755. The lowest BCUT2D eigenvalue weighted by Crippen LogP contribution is -2.46. The molecule has 0 spiro atoms. The first-order valence-electron chi connectivity index (χ1n) is 6.10. The van der Waals surface area contributed by atoms with E-state index >= 15 is 0 Å². The van der Waals surface area contributed by atoms with E-state index in [1.54, 1.807) is 11.9 Å². The van der Waals surface area contributed by atoms with Crippen molar-refractivity contribution in [2.45, 2.75) is 51.7 Å². The number of aliphatic hydroxyl groups excluding tert-OH is 1. The normalized spacial score (nSPS) is 25.6. The molecule has 0 saturated heterocycles. The third-order valence-electron chi connectivity index (χ3n) is 3.02. The van der Waals surface area contributed by atoms with Crippen LogP contribution in [0.3, 0.4) is 0 Å². The van der Waals surface area contributed by atoms with Crippen LogP contribution >= 0.6 is 0 Å². The average Bonchev–Trinajstić information content (AvgIpc) is 2.25. The molecule has 1 aliphatic rings. The molecule has 1 N–H and O–H groups in total. The quantitative estimate of drug-likeness (QED) is 0.805. The molecule has 1 rings (SSSR count). The molecule has 0 aromatic carbocycles. The Hall–Kier alpha value is -0.770. The Morgan fingerprint density at radius 1 is 1.44 bits per heavy atom. The second-order valence-electron chi connectivity index (χ2n) is 5.00. The number of ether oxygens (including phenoxy) is 1. The van der Waals surface area contributed by atoms with Crippen LogP contribution in [0.25, 0.3) is 0 Å². The number of carbonyl (C=O) groups excluding carboxylic acids is 1. The van der Waals surface area contributed by atoms with E-state index in [0.29, 0.717) is 12.5 Å². The lowest BCUT2D eigenvalue weighted by molar-refractivity contribution is 0.0206. The number of aliphatic hydroxyl groups is 1. The predicted molar refractivity (Wildman–Crippen MR) is 62.2 cm³/mol. The molecule has 2 unspecified atom stereocenters. The molecule has 1 amide bonds. The summed E-state index contributed by atoms with van der Waals surface area (Å²) in [6.07, 6.45) is 3.06. The van der Waals surface area contributed by atoms with Crippen molar-refractivity contribution in [2.24, 2.45) is 5.92 Å². The second-order valence-corrected chi connectivity index (χ2v) is 5.00. The highest BCUT2D eigenvalue weighted by atomic mass is 16.6. The van der Waals surface area contributed by atoms with E-state index in [1.807, 2.05) is 13.8 Å². The third-order valence-corrected chi connectivity index (χ3v) is 3.02. The van der Waals surface area contributed by atoms with Crippen LogP contribution in [0.2, 0.25) is 0 Å². The first-order valence-corrected chi connectivity index (χ1v) is 6.10. The van der Waals surface area contributed by atoms with Crippen LogP contribution in [0.1, 0.15) is 39.5 Å². The number of hydrogen-bond donors (Lipinski definition) is 1. The number of nitrogens with zero attached hydrogens (tertiary/aromatic N) is 1. The van der Waals surface area contributed by atoms with Gasteiger partial charge in [0.15, 0.2) is 0 Å². The Kier molecular flexibility index (Phi) is 5.06. The van der Waals surface area contributed by atoms with E-state index < -0.39 is 6.10 Å². The summed E-state index contributed by atoms with van der Waals surface area (Å²) in [7, 11) is 1.71. The highest BCUT2D eigenvalue weighted by Gasteiger charge is 2.30. The third kappa shape index (κ3) is 3.67. The Bertz CT molecular complexity index is 230. The van der Waals surface area contributed by atoms with Crippen molar-refractivity contribution in [3.05, 3.63) is 0 Å². The Morgan fingerprint density at radius 3 is 2.62 bits per heavy atom. The maximum atomic E-state index is 11.7. The fraction of sp³-hybridized carbons (Fsp3) is 0.917. The van der Waals surface area contributed by atoms with Crippen LogP contribution in [0.5, 0.6) is 0 Å². The van der Waals surface area contributed by atoms with Gasteiger partial charge >= 0.3 is 6.09 Å². The van der Waals surface area contributed by atoms with Crippen LogP contribution in [-0.2, 0) is 4.74 Å². The number of likely N-dealkylation sites (N-methyl/N-ethyl adjacent to an activating group) is 1. The number of hydrogen-bond acceptors (Lipinski definition) is 3. The Balaban J connectivity index is 2.42. The largest absolute Gasteiger partial charge is 0.449 e. The lowest BCUT2D eigenvalue weighted by Gasteiger charge is -2.34. The molecule has 0 radical (unpaired) electrons. The van der Waals surface area contributed by atoms with E-state index in [2.05, 4.69) is 0 Å². The van der Waals surface area contributed by atoms with Gasteiger partial charge in [0, 0.05) is 7.05 Å². The van der Waals surface area contributed by atoms with Gasteiger partial charge in [-0.05, 0) is 18.8 Å². The van der Waals surface area contributed by atoms with Gasteiger partial charge in [-0.25, -0.2) is 4.79 Å². The van der Waals surface area contributed by atoms with Crippen LogP contribution in [-0.4, -0.2) is 41.9 Å². The first-order chi connectivity index (χ1) is 7.52. The molecule has 0 heterocycles. The summed E-state index contributed by atoms with van der Waals surface area (Å²) >= 11 is 0. The molecule has 94 valence electrons. The molecular weight excluding hydrogens is 206 g/mol. The summed E-state index contributed by atoms with van der Waals surface area (Å²) in [6.45, 7) is 4.44. The number of carbonyl (C=O) groups is 1. The van der Waals surface area contributed by atoms with Crippen molar-refractivity contribution >= 4 is 6.09 Å². The van der Waals surface area contributed by atoms with Gasteiger partial charge in [-0.3, -0.25) is 0 Å². The van der Waals surface area contributed by atoms with Crippen molar-refractivity contribution in [2.75, 3.05) is 13.7 Å². The molecule has 0 aromatic heterocycles. The molecule has 16 heavy (non-hydrogen) atoms. The molecule has 2 atom stereocenters. The molecular formula is C12H23NO3. The van der Waals surface area contributed by atoms with Crippen molar-refractivity contribution in [1.29, 1.82) is 0 Å². The fourth-order valence-electron chi connectivity index (χ4n) is 2.02. The highest BCUT2D eigenvalue weighted by Crippen LogP contribution is 2.22. The van der Waals surface area contributed by atoms with Crippen LogP contribution in [0.4, 0.5) is 4.79 Å². The van der Waals surface area contributed by atoms with E-state index in [-0.39, 0.29) is 12.1 Å². The Morgan fingerprint density at radius 2 is 2.06 bits per heavy atom. The van der Waals surface area contributed by atoms with Gasteiger partial charge in [0.1, 0.15) is 0 Å². The molecule has 1 aliphatic carbocycles. The number of amides is 1. The van der Waals surface area contributed by atoms with Gasteiger partial charge in [-0.2, -0.15) is 0 Å². The summed E-state index contributed by atoms with van der Waals surface area (Å²) in [4.78, 5) is 13.2. The zero-order valence-electron chi connectivity index (χ0n) is 10.5. The van der Waals surface area contributed by atoms with Crippen LogP contribution < -0.4 is 0 Å². The van der Waals surface area contributed by atoms with Crippen LogP contribution in [0.15, 0.2) is 0 Å². The van der Waals surface area contributed by atoms with E-state index in [9.17, 15) is 9.90 Å². The molecule has 4 nitrogen and oxygen atoms in total. The maximum Gasteiger partial charge on any atom is 0.409 e. The summed E-state index contributed by atoms with van der Waals surface area (Å²) < 4.78 is 5.14. The van der Waals surface area contributed by atoms with Crippen molar-refractivity contribution in [1.82, 2.24) is 4.90 Å². The van der Waals surface area contributed by atoms with Gasteiger partial charge < -0.3 is 14.7 Å². The summed E-state index contributed by atoms with van der Waals surface area (Å²) in [5, 5.41) is 9.82. The Labute approximate surface area is 97.6 Å². The van der Waals surface area contributed by atoms with Crippen molar-refractivity contribution in [3.63, 3.8) is 0 Å². The minimum atomic E-state index is -0.398. The molecule has 0 aromatic rings. The second kappa shape index (κ2) is 6.09. The lowest BCUT2D eigenvalue weighted by atomic mass is 9.92. The van der Waals surface area contributed by atoms with Crippen molar-refractivity contribution < 1.29 is 14.6 Å². The zero-order valence-corrected chi connectivity index (χ0v) is 10.5.